The first-order chi connectivity index (χ1) is 9.71. The standard InChI is InChI=1S/C15H19BrN4/c1-4-7-11-12(16)14(17-3)20-15(19-11)13-10(5-2)8-6-9-18-13/h6,8-9H,4-5,7H2,1-3H3,(H,17,19,20). The Hall–Kier alpha value is -1.49. The molecular weight excluding hydrogens is 316 g/mol. The van der Waals surface area contributed by atoms with Gasteiger partial charge in [0.05, 0.1) is 10.2 Å². The Kier molecular flexibility index (Phi) is 5.06. The molecule has 2 aromatic heterocycles. The van der Waals surface area contributed by atoms with Crippen LogP contribution in [-0.2, 0) is 12.8 Å². The van der Waals surface area contributed by atoms with E-state index in [9.17, 15) is 0 Å². The molecule has 5 heteroatoms. The van der Waals surface area contributed by atoms with Crippen LogP contribution in [0.4, 0.5) is 5.82 Å². The lowest BCUT2D eigenvalue weighted by molar-refractivity contribution is 0.866. The van der Waals surface area contributed by atoms with Gasteiger partial charge in [-0.1, -0.05) is 26.3 Å². The Morgan fingerprint density at radius 1 is 1.25 bits per heavy atom. The summed E-state index contributed by atoms with van der Waals surface area (Å²) in [4.78, 5) is 13.7. The van der Waals surface area contributed by atoms with Gasteiger partial charge in [0.1, 0.15) is 11.5 Å². The fourth-order valence-electron chi connectivity index (χ4n) is 2.09. The summed E-state index contributed by atoms with van der Waals surface area (Å²) < 4.78 is 0.944. The second-order valence-electron chi connectivity index (χ2n) is 4.52. The number of hydrogen-bond acceptors (Lipinski definition) is 4. The van der Waals surface area contributed by atoms with Gasteiger partial charge in [0.15, 0.2) is 5.82 Å². The zero-order chi connectivity index (χ0) is 14.5. The van der Waals surface area contributed by atoms with Crippen molar-refractivity contribution in [2.45, 2.75) is 33.1 Å². The van der Waals surface area contributed by atoms with Crippen molar-refractivity contribution in [1.82, 2.24) is 15.0 Å². The number of halogens is 1. The van der Waals surface area contributed by atoms with E-state index in [1.54, 1.807) is 6.20 Å². The lowest BCUT2D eigenvalue weighted by Gasteiger charge is -2.12. The van der Waals surface area contributed by atoms with Crippen LogP contribution in [0.3, 0.4) is 0 Å². The SMILES string of the molecule is CCCc1nc(-c2ncccc2CC)nc(NC)c1Br. The molecule has 0 spiro atoms. The molecule has 0 atom stereocenters. The summed E-state index contributed by atoms with van der Waals surface area (Å²) in [5, 5.41) is 3.12. The van der Waals surface area contributed by atoms with Gasteiger partial charge in [0, 0.05) is 13.2 Å². The van der Waals surface area contributed by atoms with E-state index in [0.717, 1.165) is 40.9 Å². The summed E-state index contributed by atoms with van der Waals surface area (Å²) in [7, 11) is 1.87. The number of aromatic nitrogens is 3. The zero-order valence-electron chi connectivity index (χ0n) is 12.1. The maximum atomic E-state index is 4.69. The minimum absolute atomic E-state index is 0.693. The third-order valence-electron chi connectivity index (χ3n) is 3.13. The van der Waals surface area contributed by atoms with E-state index in [2.05, 4.69) is 56.1 Å². The second-order valence-corrected chi connectivity index (χ2v) is 5.31. The predicted molar refractivity (Wildman–Crippen MR) is 85.9 cm³/mol. The Morgan fingerprint density at radius 3 is 2.70 bits per heavy atom. The van der Waals surface area contributed by atoms with E-state index in [-0.39, 0.29) is 0 Å². The van der Waals surface area contributed by atoms with Gasteiger partial charge in [0.25, 0.3) is 0 Å². The molecule has 0 unspecified atom stereocenters. The summed E-state index contributed by atoms with van der Waals surface area (Å²) in [6.07, 6.45) is 4.67. The van der Waals surface area contributed by atoms with Crippen molar-refractivity contribution in [3.8, 4) is 11.5 Å². The molecule has 106 valence electrons. The number of nitrogens with one attached hydrogen (secondary N) is 1. The molecule has 0 aliphatic carbocycles. The number of rotatable bonds is 5. The summed E-state index contributed by atoms with van der Waals surface area (Å²) >= 11 is 3.58. The Bertz CT molecular complexity index is 598. The van der Waals surface area contributed by atoms with Crippen molar-refractivity contribution >= 4 is 21.7 Å². The van der Waals surface area contributed by atoms with E-state index >= 15 is 0 Å². The molecule has 4 nitrogen and oxygen atoms in total. The maximum Gasteiger partial charge on any atom is 0.180 e. The number of hydrogen-bond donors (Lipinski definition) is 1. The van der Waals surface area contributed by atoms with Crippen LogP contribution < -0.4 is 5.32 Å². The van der Waals surface area contributed by atoms with Crippen molar-refractivity contribution in [2.75, 3.05) is 12.4 Å². The minimum atomic E-state index is 0.693. The molecule has 0 amide bonds. The smallest absolute Gasteiger partial charge is 0.180 e. The molecule has 20 heavy (non-hydrogen) atoms. The molecule has 1 N–H and O–H groups in total. The molecular formula is C15H19BrN4. The Morgan fingerprint density at radius 2 is 2.05 bits per heavy atom. The predicted octanol–water partition coefficient (Wildman–Crippen LogP) is 3.86. The van der Waals surface area contributed by atoms with Crippen molar-refractivity contribution in [2.24, 2.45) is 0 Å². The minimum Gasteiger partial charge on any atom is -0.372 e. The summed E-state index contributed by atoms with van der Waals surface area (Å²) in [6, 6.07) is 4.03. The molecule has 0 saturated carbocycles. The van der Waals surface area contributed by atoms with Gasteiger partial charge in [-0.25, -0.2) is 9.97 Å². The van der Waals surface area contributed by atoms with Crippen LogP contribution >= 0.6 is 15.9 Å². The first-order valence-electron chi connectivity index (χ1n) is 6.89. The lowest BCUT2D eigenvalue weighted by atomic mass is 10.1. The van der Waals surface area contributed by atoms with Gasteiger partial charge < -0.3 is 5.32 Å². The van der Waals surface area contributed by atoms with Gasteiger partial charge in [0.2, 0.25) is 0 Å². The summed E-state index contributed by atoms with van der Waals surface area (Å²) in [6.45, 7) is 4.26. The van der Waals surface area contributed by atoms with E-state index in [1.165, 1.54) is 5.56 Å². The van der Waals surface area contributed by atoms with Gasteiger partial charge in [-0.15, -0.1) is 0 Å². The van der Waals surface area contributed by atoms with Crippen LogP contribution in [0.2, 0.25) is 0 Å². The number of aryl methyl sites for hydroxylation is 2. The fraction of sp³-hybridized carbons (Fsp3) is 0.400. The molecule has 0 aromatic carbocycles. The molecule has 2 aromatic rings. The number of pyridine rings is 1. The number of nitrogens with zero attached hydrogens (tertiary/aromatic N) is 3. The third-order valence-corrected chi connectivity index (χ3v) is 3.96. The molecule has 0 saturated heterocycles. The molecule has 0 aliphatic rings. The summed E-state index contributed by atoms with van der Waals surface area (Å²) in [5.41, 5.74) is 3.06. The lowest BCUT2D eigenvalue weighted by Crippen LogP contribution is -2.05. The molecule has 2 rings (SSSR count). The highest BCUT2D eigenvalue weighted by Crippen LogP contribution is 2.28. The van der Waals surface area contributed by atoms with Crippen LogP contribution in [0.15, 0.2) is 22.8 Å². The Balaban J connectivity index is 2.59. The molecule has 2 heterocycles. The fourth-order valence-corrected chi connectivity index (χ4v) is 2.67. The van der Waals surface area contributed by atoms with Crippen LogP contribution in [0.25, 0.3) is 11.5 Å². The van der Waals surface area contributed by atoms with Gasteiger partial charge in [-0.2, -0.15) is 0 Å². The monoisotopic (exact) mass is 334 g/mol. The summed E-state index contributed by atoms with van der Waals surface area (Å²) in [5.74, 6) is 1.50. The zero-order valence-corrected chi connectivity index (χ0v) is 13.7. The van der Waals surface area contributed by atoms with Crippen molar-refractivity contribution in [3.05, 3.63) is 34.1 Å². The average molecular weight is 335 g/mol. The van der Waals surface area contributed by atoms with Crippen LogP contribution in [-0.4, -0.2) is 22.0 Å². The van der Waals surface area contributed by atoms with E-state index in [1.807, 2.05) is 13.1 Å². The molecule has 0 aliphatic heterocycles. The highest BCUT2D eigenvalue weighted by Gasteiger charge is 2.14. The highest BCUT2D eigenvalue weighted by molar-refractivity contribution is 9.10. The van der Waals surface area contributed by atoms with Gasteiger partial charge >= 0.3 is 0 Å². The average Bonchev–Trinajstić information content (AvgIpc) is 2.49. The van der Waals surface area contributed by atoms with Crippen molar-refractivity contribution in [1.29, 1.82) is 0 Å². The topological polar surface area (TPSA) is 50.7 Å². The largest absolute Gasteiger partial charge is 0.372 e. The number of anilines is 1. The van der Waals surface area contributed by atoms with Gasteiger partial charge in [-0.05, 0) is 40.4 Å². The Labute approximate surface area is 128 Å². The maximum absolute atomic E-state index is 4.69. The molecule has 0 radical (unpaired) electrons. The van der Waals surface area contributed by atoms with E-state index < -0.39 is 0 Å². The van der Waals surface area contributed by atoms with Crippen LogP contribution in [0.1, 0.15) is 31.5 Å². The molecule has 0 bridgehead atoms. The third kappa shape index (κ3) is 2.98. The van der Waals surface area contributed by atoms with Gasteiger partial charge in [-0.3, -0.25) is 4.98 Å². The first-order valence-corrected chi connectivity index (χ1v) is 7.68. The quantitative estimate of drug-likeness (QED) is 0.901. The highest BCUT2D eigenvalue weighted by atomic mass is 79.9. The van der Waals surface area contributed by atoms with Crippen molar-refractivity contribution < 1.29 is 0 Å². The second kappa shape index (κ2) is 6.79. The van der Waals surface area contributed by atoms with Crippen LogP contribution in [0.5, 0.6) is 0 Å². The molecule has 0 fully saturated rings. The van der Waals surface area contributed by atoms with Crippen LogP contribution in [0, 0.1) is 0 Å². The first kappa shape index (κ1) is 14.9. The van der Waals surface area contributed by atoms with E-state index in [4.69, 9.17) is 0 Å². The van der Waals surface area contributed by atoms with Crippen molar-refractivity contribution in [3.63, 3.8) is 0 Å². The normalized spacial score (nSPS) is 10.6. The van der Waals surface area contributed by atoms with E-state index in [0.29, 0.717) is 5.82 Å².